The summed E-state index contributed by atoms with van der Waals surface area (Å²) >= 11 is 0. The maximum Gasteiger partial charge on any atom is 0.253 e. The van der Waals surface area contributed by atoms with E-state index in [-0.39, 0.29) is 16.8 Å². The summed E-state index contributed by atoms with van der Waals surface area (Å²) in [6, 6.07) is 6.26. The van der Waals surface area contributed by atoms with E-state index in [4.69, 9.17) is 5.73 Å². The number of amides is 1. The zero-order valence-corrected chi connectivity index (χ0v) is 12.6. The summed E-state index contributed by atoms with van der Waals surface area (Å²) in [7, 11) is -3.30. The summed E-state index contributed by atoms with van der Waals surface area (Å²) in [6.07, 6.45) is 2.04. The molecule has 0 saturated carbocycles. The molecule has 0 radical (unpaired) electrons. The molecule has 1 saturated heterocycles. The Morgan fingerprint density at radius 3 is 2.70 bits per heavy atom. The van der Waals surface area contributed by atoms with Crippen molar-refractivity contribution in [3.63, 3.8) is 0 Å². The van der Waals surface area contributed by atoms with Crippen LogP contribution >= 0.6 is 0 Å². The standard InChI is InChI=1S/C14H20N2O3S/c1-10(15)12-6-7-16(9-12)14(17)11-4-3-5-13(8-11)20(2,18)19/h3-5,8,10,12H,6-7,9,15H2,1-2H3. The number of hydrogen-bond acceptors (Lipinski definition) is 4. The van der Waals surface area contributed by atoms with Gasteiger partial charge in [0.05, 0.1) is 4.90 Å². The molecule has 2 rings (SSSR count). The molecule has 1 aliphatic heterocycles. The van der Waals surface area contributed by atoms with Gasteiger partial charge in [-0.15, -0.1) is 0 Å². The predicted octanol–water partition coefficient (Wildman–Crippen LogP) is 0.899. The fraction of sp³-hybridized carbons (Fsp3) is 0.500. The average Bonchev–Trinajstić information content (AvgIpc) is 2.87. The number of carbonyl (C=O) groups excluding carboxylic acids is 1. The third-order valence-corrected chi connectivity index (χ3v) is 4.87. The number of likely N-dealkylation sites (tertiary alicyclic amines) is 1. The minimum absolute atomic E-state index is 0.0650. The van der Waals surface area contributed by atoms with Crippen LogP contribution in [0.5, 0.6) is 0 Å². The quantitative estimate of drug-likeness (QED) is 0.898. The van der Waals surface area contributed by atoms with Crippen molar-refractivity contribution in [3.05, 3.63) is 29.8 Å². The SMILES string of the molecule is CC(N)C1CCN(C(=O)c2cccc(S(C)(=O)=O)c2)C1. The predicted molar refractivity (Wildman–Crippen MR) is 77.2 cm³/mol. The van der Waals surface area contributed by atoms with Gasteiger partial charge in [0.1, 0.15) is 0 Å². The fourth-order valence-electron chi connectivity index (χ4n) is 2.44. The maximum atomic E-state index is 12.4. The van der Waals surface area contributed by atoms with Crippen LogP contribution in [0.4, 0.5) is 0 Å². The van der Waals surface area contributed by atoms with Gasteiger partial charge in [-0.3, -0.25) is 4.79 Å². The molecule has 1 heterocycles. The van der Waals surface area contributed by atoms with Crippen molar-refractivity contribution in [1.82, 2.24) is 4.90 Å². The van der Waals surface area contributed by atoms with Crippen molar-refractivity contribution < 1.29 is 13.2 Å². The molecule has 1 aliphatic rings. The van der Waals surface area contributed by atoms with Crippen molar-refractivity contribution >= 4 is 15.7 Å². The van der Waals surface area contributed by atoms with Gasteiger partial charge in [0.15, 0.2) is 9.84 Å². The Balaban J connectivity index is 2.19. The van der Waals surface area contributed by atoms with Crippen LogP contribution in [0, 0.1) is 5.92 Å². The van der Waals surface area contributed by atoms with Crippen molar-refractivity contribution in [3.8, 4) is 0 Å². The molecule has 5 nitrogen and oxygen atoms in total. The number of benzene rings is 1. The second-order valence-electron chi connectivity index (χ2n) is 5.46. The minimum atomic E-state index is -3.30. The van der Waals surface area contributed by atoms with Crippen LogP contribution in [0.1, 0.15) is 23.7 Å². The van der Waals surface area contributed by atoms with Crippen molar-refractivity contribution in [1.29, 1.82) is 0 Å². The third-order valence-electron chi connectivity index (χ3n) is 3.76. The largest absolute Gasteiger partial charge is 0.338 e. The topological polar surface area (TPSA) is 80.5 Å². The van der Waals surface area contributed by atoms with Crippen LogP contribution < -0.4 is 5.73 Å². The molecule has 0 aliphatic carbocycles. The zero-order valence-electron chi connectivity index (χ0n) is 11.7. The van der Waals surface area contributed by atoms with Gasteiger partial charge in [-0.2, -0.15) is 0 Å². The van der Waals surface area contributed by atoms with Crippen LogP contribution in [0.25, 0.3) is 0 Å². The van der Waals surface area contributed by atoms with E-state index in [2.05, 4.69) is 0 Å². The van der Waals surface area contributed by atoms with E-state index in [1.54, 1.807) is 17.0 Å². The van der Waals surface area contributed by atoms with Crippen LogP contribution in [-0.4, -0.2) is 44.6 Å². The first-order chi connectivity index (χ1) is 9.29. The van der Waals surface area contributed by atoms with E-state index in [1.807, 2.05) is 6.92 Å². The Hall–Kier alpha value is -1.40. The molecule has 1 aromatic carbocycles. The Morgan fingerprint density at radius 2 is 2.15 bits per heavy atom. The minimum Gasteiger partial charge on any atom is -0.338 e. The first-order valence-electron chi connectivity index (χ1n) is 6.64. The summed E-state index contributed by atoms with van der Waals surface area (Å²) in [5, 5.41) is 0. The highest BCUT2D eigenvalue weighted by atomic mass is 32.2. The van der Waals surface area contributed by atoms with Gasteiger partial charge in [0.2, 0.25) is 0 Å². The van der Waals surface area contributed by atoms with E-state index < -0.39 is 9.84 Å². The second-order valence-corrected chi connectivity index (χ2v) is 7.47. The van der Waals surface area contributed by atoms with Gasteiger partial charge in [0, 0.05) is 31.0 Å². The molecular formula is C14H20N2O3S. The molecule has 2 N–H and O–H groups in total. The number of sulfone groups is 1. The molecule has 110 valence electrons. The second kappa shape index (κ2) is 5.54. The molecule has 2 atom stereocenters. The molecule has 0 bridgehead atoms. The highest BCUT2D eigenvalue weighted by molar-refractivity contribution is 7.90. The van der Waals surface area contributed by atoms with E-state index >= 15 is 0 Å². The lowest BCUT2D eigenvalue weighted by Crippen LogP contribution is -2.33. The smallest absolute Gasteiger partial charge is 0.253 e. The average molecular weight is 296 g/mol. The zero-order chi connectivity index (χ0) is 14.9. The third kappa shape index (κ3) is 3.19. The molecule has 0 aromatic heterocycles. The van der Waals surface area contributed by atoms with Gasteiger partial charge in [-0.05, 0) is 37.5 Å². The molecule has 1 amide bonds. The van der Waals surface area contributed by atoms with Crippen LogP contribution in [0.15, 0.2) is 29.2 Å². The van der Waals surface area contributed by atoms with Crippen molar-refractivity contribution in [2.75, 3.05) is 19.3 Å². The number of carbonyl (C=O) groups is 1. The normalized spacial score (nSPS) is 20.9. The van der Waals surface area contributed by atoms with Crippen LogP contribution in [-0.2, 0) is 9.84 Å². The summed E-state index contributed by atoms with van der Waals surface area (Å²) in [5.74, 6) is 0.190. The van der Waals surface area contributed by atoms with E-state index in [0.717, 1.165) is 12.7 Å². The van der Waals surface area contributed by atoms with Gasteiger partial charge in [-0.25, -0.2) is 8.42 Å². The van der Waals surface area contributed by atoms with Crippen molar-refractivity contribution in [2.45, 2.75) is 24.3 Å². The summed E-state index contributed by atoms with van der Waals surface area (Å²) < 4.78 is 23.1. The fourth-order valence-corrected chi connectivity index (χ4v) is 3.11. The van der Waals surface area contributed by atoms with Gasteiger partial charge < -0.3 is 10.6 Å². The maximum absolute atomic E-state index is 12.4. The lowest BCUT2D eigenvalue weighted by atomic mass is 10.0. The van der Waals surface area contributed by atoms with Gasteiger partial charge >= 0.3 is 0 Å². The van der Waals surface area contributed by atoms with Crippen molar-refractivity contribution in [2.24, 2.45) is 11.7 Å². The van der Waals surface area contributed by atoms with E-state index in [0.29, 0.717) is 24.6 Å². The molecule has 2 unspecified atom stereocenters. The molecule has 1 fully saturated rings. The molecule has 20 heavy (non-hydrogen) atoms. The number of rotatable bonds is 3. The first kappa shape index (κ1) is 15.0. The van der Waals surface area contributed by atoms with Crippen LogP contribution in [0.3, 0.4) is 0 Å². The number of hydrogen-bond donors (Lipinski definition) is 1. The first-order valence-corrected chi connectivity index (χ1v) is 8.53. The lowest BCUT2D eigenvalue weighted by molar-refractivity contribution is 0.0785. The van der Waals surface area contributed by atoms with Gasteiger partial charge in [0.25, 0.3) is 5.91 Å². The molecule has 6 heteroatoms. The number of nitrogens with two attached hydrogens (primary N) is 1. The molecular weight excluding hydrogens is 276 g/mol. The van der Waals surface area contributed by atoms with Gasteiger partial charge in [-0.1, -0.05) is 6.07 Å². The highest BCUT2D eigenvalue weighted by Crippen LogP contribution is 2.21. The lowest BCUT2D eigenvalue weighted by Gasteiger charge is -2.18. The molecule has 1 aromatic rings. The summed E-state index contributed by atoms with van der Waals surface area (Å²) in [5.41, 5.74) is 6.28. The monoisotopic (exact) mass is 296 g/mol. The van der Waals surface area contributed by atoms with E-state index in [9.17, 15) is 13.2 Å². The molecule has 0 spiro atoms. The Labute approximate surface area is 119 Å². The van der Waals surface area contributed by atoms with Crippen LogP contribution in [0.2, 0.25) is 0 Å². The Kier molecular flexibility index (Phi) is 4.15. The Bertz CT molecular complexity index is 611. The number of nitrogens with zero attached hydrogens (tertiary/aromatic N) is 1. The van der Waals surface area contributed by atoms with E-state index in [1.165, 1.54) is 12.1 Å². The highest BCUT2D eigenvalue weighted by Gasteiger charge is 2.29. The summed E-state index contributed by atoms with van der Waals surface area (Å²) in [4.78, 5) is 14.3. The summed E-state index contributed by atoms with van der Waals surface area (Å²) in [6.45, 7) is 3.26. The Morgan fingerprint density at radius 1 is 1.45 bits per heavy atom.